The maximum atomic E-state index is 13.2. The summed E-state index contributed by atoms with van der Waals surface area (Å²) in [6, 6.07) is 7.07. The van der Waals surface area contributed by atoms with Gasteiger partial charge in [-0.25, -0.2) is 12.8 Å². The van der Waals surface area contributed by atoms with Gasteiger partial charge in [0.2, 0.25) is 0 Å². The van der Waals surface area contributed by atoms with E-state index in [1.807, 2.05) is 6.92 Å². The zero-order valence-electron chi connectivity index (χ0n) is 11.1. The van der Waals surface area contributed by atoms with Gasteiger partial charge in [-0.15, -0.1) is 11.3 Å². The first-order valence-corrected chi connectivity index (χ1v) is 8.16. The zero-order valence-corrected chi connectivity index (χ0v) is 12.8. The van der Waals surface area contributed by atoms with Crippen LogP contribution in [0.15, 0.2) is 34.5 Å². The number of anilines is 1. The molecule has 2 N–H and O–H groups in total. The highest BCUT2D eigenvalue weighted by Crippen LogP contribution is 2.30. The predicted molar refractivity (Wildman–Crippen MR) is 78.9 cm³/mol. The van der Waals surface area contributed by atoms with E-state index in [2.05, 4.69) is 0 Å². The molecule has 1 aromatic carbocycles. The van der Waals surface area contributed by atoms with Crippen LogP contribution in [0.2, 0.25) is 0 Å². The fourth-order valence-corrected chi connectivity index (χ4v) is 4.59. The van der Waals surface area contributed by atoms with E-state index < -0.39 is 15.8 Å². The molecule has 7 heteroatoms. The van der Waals surface area contributed by atoms with Crippen molar-refractivity contribution in [2.45, 2.75) is 17.7 Å². The average Bonchev–Trinajstić information content (AvgIpc) is 2.79. The molecule has 0 saturated heterocycles. The number of sulfonamides is 1. The van der Waals surface area contributed by atoms with E-state index >= 15 is 0 Å². The summed E-state index contributed by atoms with van der Waals surface area (Å²) >= 11 is 1.15. The second-order valence-electron chi connectivity index (χ2n) is 4.33. The molecule has 0 radical (unpaired) electrons. The van der Waals surface area contributed by atoms with E-state index in [1.165, 1.54) is 25.2 Å². The van der Waals surface area contributed by atoms with Crippen molar-refractivity contribution in [3.05, 3.63) is 46.6 Å². The number of nitrogens with two attached hydrogens (primary N) is 1. The number of rotatable bonds is 4. The maximum Gasteiger partial charge on any atom is 0.273 e. The largest absolute Gasteiger partial charge is 0.326 e. The lowest BCUT2D eigenvalue weighted by atomic mass is 10.3. The molecule has 2 rings (SSSR count). The van der Waals surface area contributed by atoms with Crippen LogP contribution in [0.3, 0.4) is 0 Å². The quantitative estimate of drug-likeness (QED) is 0.943. The van der Waals surface area contributed by atoms with Gasteiger partial charge in [-0.1, -0.05) is 6.07 Å². The van der Waals surface area contributed by atoms with Crippen LogP contribution in [-0.2, 0) is 16.6 Å². The Morgan fingerprint density at radius 3 is 2.60 bits per heavy atom. The molecule has 0 spiro atoms. The summed E-state index contributed by atoms with van der Waals surface area (Å²) in [5.41, 5.74) is 6.70. The molecule has 0 aliphatic heterocycles. The standard InChI is InChI=1S/C13H15FN2O2S2/c1-9-6-13(19-12(9)8-15)20(17,18)16(2)11-5-3-4-10(14)7-11/h3-7H,8,15H2,1-2H3. The Kier molecular flexibility index (Phi) is 4.12. The first-order chi connectivity index (χ1) is 9.36. The van der Waals surface area contributed by atoms with Gasteiger partial charge in [0.05, 0.1) is 5.69 Å². The Labute approximate surface area is 121 Å². The van der Waals surface area contributed by atoms with Crippen LogP contribution in [0, 0.1) is 12.7 Å². The van der Waals surface area contributed by atoms with E-state index in [1.54, 1.807) is 12.1 Å². The van der Waals surface area contributed by atoms with Gasteiger partial charge in [0.25, 0.3) is 10.0 Å². The summed E-state index contributed by atoms with van der Waals surface area (Å²) in [5.74, 6) is -0.477. The van der Waals surface area contributed by atoms with Crippen LogP contribution in [0.25, 0.3) is 0 Å². The smallest absolute Gasteiger partial charge is 0.273 e. The topological polar surface area (TPSA) is 63.4 Å². The molecule has 2 aromatic rings. The van der Waals surface area contributed by atoms with Crippen molar-refractivity contribution in [2.24, 2.45) is 5.73 Å². The van der Waals surface area contributed by atoms with Crippen molar-refractivity contribution < 1.29 is 12.8 Å². The molecule has 0 saturated carbocycles. The lowest BCUT2D eigenvalue weighted by molar-refractivity contribution is 0.596. The van der Waals surface area contributed by atoms with Gasteiger partial charge in [-0.3, -0.25) is 4.31 Å². The molecular formula is C13H15FN2O2S2. The summed E-state index contributed by atoms with van der Waals surface area (Å²) in [7, 11) is -2.29. The zero-order chi connectivity index (χ0) is 14.9. The number of hydrogen-bond donors (Lipinski definition) is 1. The summed E-state index contributed by atoms with van der Waals surface area (Å²) in [5, 5.41) is 0. The molecule has 1 heterocycles. The fraction of sp³-hybridized carbons (Fsp3) is 0.231. The van der Waals surface area contributed by atoms with Crippen LogP contribution >= 0.6 is 11.3 Å². The predicted octanol–water partition coefficient (Wildman–Crippen LogP) is 2.48. The maximum absolute atomic E-state index is 13.2. The van der Waals surface area contributed by atoms with Gasteiger partial charge in [0, 0.05) is 18.5 Å². The molecule has 0 amide bonds. The van der Waals surface area contributed by atoms with Gasteiger partial charge in [-0.05, 0) is 36.8 Å². The second-order valence-corrected chi connectivity index (χ2v) is 7.66. The highest BCUT2D eigenvalue weighted by Gasteiger charge is 2.24. The summed E-state index contributed by atoms with van der Waals surface area (Å²) < 4.78 is 39.5. The van der Waals surface area contributed by atoms with Crippen molar-refractivity contribution in [1.82, 2.24) is 0 Å². The van der Waals surface area contributed by atoms with Crippen molar-refractivity contribution in [3.8, 4) is 0 Å². The number of hydrogen-bond acceptors (Lipinski definition) is 4. The Morgan fingerprint density at radius 2 is 2.05 bits per heavy atom. The Hall–Kier alpha value is -1.44. The van der Waals surface area contributed by atoms with Gasteiger partial charge >= 0.3 is 0 Å². The lowest BCUT2D eigenvalue weighted by Crippen LogP contribution is -2.25. The Bertz CT molecular complexity index is 726. The van der Waals surface area contributed by atoms with Crippen molar-refractivity contribution in [2.75, 3.05) is 11.4 Å². The number of nitrogens with zero attached hydrogens (tertiary/aromatic N) is 1. The van der Waals surface area contributed by atoms with Crippen LogP contribution in [0.4, 0.5) is 10.1 Å². The highest BCUT2D eigenvalue weighted by atomic mass is 32.2. The molecule has 4 nitrogen and oxygen atoms in total. The molecule has 0 atom stereocenters. The minimum Gasteiger partial charge on any atom is -0.326 e. The third-order valence-corrected chi connectivity index (χ3v) is 6.46. The second kappa shape index (κ2) is 5.51. The van der Waals surface area contributed by atoms with E-state index in [0.717, 1.165) is 26.1 Å². The van der Waals surface area contributed by atoms with Crippen LogP contribution in [0.5, 0.6) is 0 Å². The molecule has 0 aliphatic rings. The van der Waals surface area contributed by atoms with Gasteiger partial charge in [0.1, 0.15) is 10.0 Å². The van der Waals surface area contributed by atoms with Crippen molar-refractivity contribution >= 4 is 27.0 Å². The molecule has 108 valence electrons. The number of halogens is 1. The number of thiophene rings is 1. The third-order valence-electron chi connectivity index (χ3n) is 2.97. The highest BCUT2D eigenvalue weighted by molar-refractivity contribution is 7.94. The fourth-order valence-electron chi connectivity index (χ4n) is 1.76. The first kappa shape index (κ1) is 15.0. The van der Waals surface area contributed by atoms with E-state index in [-0.39, 0.29) is 9.90 Å². The number of aryl methyl sites for hydroxylation is 1. The minimum atomic E-state index is -3.69. The summed E-state index contributed by atoms with van der Waals surface area (Å²) in [4.78, 5) is 0.830. The first-order valence-electron chi connectivity index (χ1n) is 5.90. The molecule has 1 aromatic heterocycles. The van der Waals surface area contributed by atoms with Gasteiger partial charge in [0.15, 0.2) is 0 Å². The monoisotopic (exact) mass is 314 g/mol. The molecule has 20 heavy (non-hydrogen) atoms. The van der Waals surface area contributed by atoms with Gasteiger partial charge in [-0.2, -0.15) is 0 Å². The minimum absolute atomic E-state index is 0.210. The number of benzene rings is 1. The average molecular weight is 314 g/mol. The summed E-state index contributed by atoms with van der Waals surface area (Å²) in [6.45, 7) is 2.12. The third kappa shape index (κ3) is 2.70. The Morgan fingerprint density at radius 1 is 1.35 bits per heavy atom. The molecule has 0 bridgehead atoms. The van der Waals surface area contributed by atoms with E-state index in [9.17, 15) is 12.8 Å². The molecule has 0 aliphatic carbocycles. The molecular weight excluding hydrogens is 299 g/mol. The molecule has 0 unspecified atom stereocenters. The van der Waals surface area contributed by atoms with Crippen LogP contribution in [-0.4, -0.2) is 15.5 Å². The molecule has 0 fully saturated rings. The van der Waals surface area contributed by atoms with Crippen LogP contribution < -0.4 is 10.0 Å². The normalized spacial score (nSPS) is 11.6. The van der Waals surface area contributed by atoms with Crippen molar-refractivity contribution in [3.63, 3.8) is 0 Å². The van der Waals surface area contributed by atoms with E-state index in [4.69, 9.17) is 5.73 Å². The summed E-state index contributed by atoms with van der Waals surface area (Å²) in [6.07, 6.45) is 0. The van der Waals surface area contributed by atoms with Crippen LogP contribution in [0.1, 0.15) is 10.4 Å². The van der Waals surface area contributed by atoms with Crippen molar-refractivity contribution in [1.29, 1.82) is 0 Å². The SMILES string of the molecule is Cc1cc(S(=O)(=O)N(C)c2cccc(F)c2)sc1CN. The van der Waals surface area contributed by atoms with Gasteiger partial charge < -0.3 is 5.73 Å². The van der Waals surface area contributed by atoms with E-state index in [0.29, 0.717) is 6.54 Å². The lowest BCUT2D eigenvalue weighted by Gasteiger charge is -2.18. The Balaban J connectivity index is 2.43.